The van der Waals surface area contributed by atoms with Gasteiger partial charge in [-0.3, -0.25) is 14.2 Å². The fourth-order valence-corrected chi connectivity index (χ4v) is 5.27. The molecule has 0 spiro atoms. The van der Waals surface area contributed by atoms with Gasteiger partial charge in [-0.2, -0.15) is 8.78 Å². The Morgan fingerprint density at radius 3 is 2.45 bits per heavy atom. The lowest BCUT2D eigenvalue weighted by atomic mass is 9.95. The number of para-hydroxylation sites is 2. The number of aromatic nitrogens is 1. The van der Waals surface area contributed by atoms with Crippen molar-refractivity contribution in [3.63, 3.8) is 0 Å². The minimum absolute atomic E-state index is 0.0810. The molecule has 2 heterocycles. The number of amides is 1. The van der Waals surface area contributed by atoms with Crippen molar-refractivity contribution in [2.45, 2.75) is 19.6 Å². The molecule has 4 aromatic rings. The van der Waals surface area contributed by atoms with Gasteiger partial charge in [0.2, 0.25) is 0 Å². The monoisotopic (exact) mass is 535 g/mol. The molecule has 0 saturated carbocycles. The summed E-state index contributed by atoms with van der Waals surface area (Å²) in [5.74, 6) is -1.01. The number of fused-ring (bicyclic) bond motifs is 1. The van der Waals surface area contributed by atoms with Crippen molar-refractivity contribution < 1.29 is 22.7 Å². The zero-order valence-electron chi connectivity index (χ0n) is 19.9. The minimum Gasteiger partial charge on any atom is -0.434 e. The van der Waals surface area contributed by atoms with Crippen LogP contribution >= 0.6 is 11.3 Å². The van der Waals surface area contributed by atoms with Gasteiger partial charge in [0.25, 0.3) is 11.5 Å². The van der Waals surface area contributed by atoms with Crippen LogP contribution in [0.25, 0.3) is 6.08 Å². The van der Waals surface area contributed by atoms with Crippen molar-refractivity contribution in [2.24, 2.45) is 4.99 Å². The molecule has 1 aliphatic heterocycles. The smallest absolute Gasteiger partial charge is 0.387 e. The number of benzene rings is 3. The number of thiazole rings is 1. The number of nitrogens with one attached hydrogen (secondary N) is 1. The summed E-state index contributed by atoms with van der Waals surface area (Å²) >= 11 is 1.05. The third kappa shape index (κ3) is 5.03. The van der Waals surface area contributed by atoms with E-state index in [1.165, 1.54) is 41.0 Å². The molecule has 1 N–H and O–H groups in total. The summed E-state index contributed by atoms with van der Waals surface area (Å²) in [6, 6.07) is 19.6. The Morgan fingerprint density at radius 2 is 1.74 bits per heavy atom. The molecule has 1 aromatic heterocycles. The fraction of sp³-hybridized carbons (Fsp3) is 0.107. The van der Waals surface area contributed by atoms with Gasteiger partial charge in [0.1, 0.15) is 11.6 Å². The summed E-state index contributed by atoms with van der Waals surface area (Å²) in [5, 5.41) is 2.84. The Labute approximate surface area is 218 Å². The molecule has 38 heavy (non-hydrogen) atoms. The number of alkyl halides is 2. The maximum absolute atomic E-state index is 13.8. The van der Waals surface area contributed by atoms with Crippen LogP contribution in [0.15, 0.2) is 99.9 Å². The van der Waals surface area contributed by atoms with Crippen molar-refractivity contribution in [1.82, 2.24) is 4.57 Å². The van der Waals surface area contributed by atoms with Gasteiger partial charge in [-0.15, -0.1) is 0 Å². The second-order valence-electron chi connectivity index (χ2n) is 8.37. The average Bonchev–Trinajstić information content (AvgIpc) is 3.19. The summed E-state index contributed by atoms with van der Waals surface area (Å²) in [6.07, 6.45) is 1.45. The van der Waals surface area contributed by atoms with Crippen molar-refractivity contribution in [1.29, 1.82) is 0 Å². The van der Waals surface area contributed by atoms with E-state index in [4.69, 9.17) is 0 Å². The Balaban J connectivity index is 1.67. The molecule has 1 aliphatic rings. The van der Waals surface area contributed by atoms with E-state index >= 15 is 0 Å². The Morgan fingerprint density at radius 1 is 1.05 bits per heavy atom. The molecule has 1 atom stereocenters. The number of carbonyl (C=O) groups is 1. The summed E-state index contributed by atoms with van der Waals surface area (Å²) in [5.41, 5.74) is 1.49. The molecule has 3 aromatic carbocycles. The van der Waals surface area contributed by atoms with E-state index in [2.05, 4.69) is 15.0 Å². The van der Waals surface area contributed by atoms with Gasteiger partial charge in [0, 0.05) is 11.3 Å². The van der Waals surface area contributed by atoms with E-state index in [1.807, 2.05) is 6.07 Å². The van der Waals surface area contributed by atoms with Crippen molar-refractivity contribution in [3.8, 4) is 5.75 Å². The van der Waals surface area contributed by atoms with Crippen LogP contribution in [0.4, 0.5) is 18.9 Å². The molecule has 0 bridgehead atoms. The van der Waals surface area contributed by atoms with E-state index in [-0.39, 0.29) is 21.4 Å². The third-order valence-corrected chi connectivity index (χ3v) is 6.89. The molecule has 192 valence electrons. The van der Waals surface area contributed by atoms with Crippen molar-refractivity contribution in [2.75, 3.05) is 5.32 Å². The number of ether oxygens (including phenoxy) is 1. The number of allylic oxidation sites excluding steroid dienone is 1. The van der Waals surface area contributed by atoms with Crippen LogP contribution in [0, 0.1) is 5.82 Å². The molecule has 5 rings (SSSR count). The quantitative estimate of drug-likeness (QED) is 0.392. The summed E-state index contributed by atoms with van der Waals surface area (Å²) < 4.78 is 45.8. The number of hydrogen-bond acceptors (Lipinski definition) is 5. The number of rotatable bonds is 6. The molecule has 10 heteroatoms. The van der Waals surface area contributed by atoms with E-state index in [0.29, 0.717) is 21.7 Å². The highest BCUT2D eigenvalue weighted by molar-refractivity contribution is 7.07. The highest BCUT2D eigenvalue weighted by atomic mass is 32.1. The highest BCUT2D eigenvalue weighted by Crippen LogP contribution is 2.31. The van der Waals surface area contributed by atoms with Crippen LogP contribution in [-0.2, 0) is 4.79 Å². The van der Waals surface area contributed by atoms with Gasteiger partial charge in [-0.25, -0.2) is 9.38 Å². The second kappa shape index (κ2) is 10.5. The van der Waals surface area contributed by atoms with E-state index in [1.54, 1.807) is 49.4 Å². The Bertz CT molecular complexity index is 1710. The zero-order chi connectivity index (χ0) is 26.8. The number of nitrogens with zero attached hydrogens (tertiary/aromatic N) is 2. The van der Waals surface area contributed by atoms with E-state index in [0.717, 1.165) is 11.3 Å². The average molecular weight is 536 g/mol. The molecule has 0 saturated heterocycles. The number of anilines is 1. The topological polar surface area (TPSA) is 72.7 Å². The largest absolute Gasteiger partial charge is 0.434 e. The first kappa shape index (κ1) is 25.2. The van der Waals surface area contributed by atoms with Crippen LogP contribution < -0.4 is 24.9 Å². The summed E-state index contributed by atoms with van der Waals surface area (Å²) in [4.78, 5) is 32.0. The molecule has 1 amide bonds. The molecule has 0 aliphatic carbocycles. The molecular weight excluding hydrogens is 515 g/mol. The first-order chi connectivity index (χ1) is 18.3. The fourth-order valence-electron chi connectivity index (χ4n) is 4.24. The maximum atomic E-state index is 13.8. The van der Waals surface area contributed by atoms with E-state index in [9.17, 15) is 22.8 Å². The van der Waals surface area contributed by atoms with Gasteiger partial charge >= 0.3 is 6.61 Å². The van der Waals surface area contributed by atoms with Crippen molar-refractivity contribution >= 4 is 29.0 Å². The first-order valence-corrected chi connectivity index (χ1v) is 12.3. The summed E-state index contributed by atoms with van der Waals surface area (Å²) in [7, 11) is 0. The lowest BCUT2D eigenvalue weighted by Crippen LogP contribution is -2.40. The van der Waals surface area contributed by atoms with Gasteiger partial charge < -0.3 is 10.1 Å². The lowest BCUT2D eigenvalue weighted by Gasteiger charge is -2.25. The minimum atomic E-state index is -3.03. The Hall–Kier alpha value is -4.44. The predicted octanol–water partition coefficient (Wildman–Crippen LogP) is 4.61. The van der Waals surface area contributed by atoms with Crippen LogP contribution in [0.3, 0.4) is 0 Å². The van der Waals surface area contributed by atoms with E-state index < -0.39 is 29.9 Å². The zero-order valence-corrected chi connectivity index (χ0v) is 20.7. The van der Waals surface area contributed by atoms with Gasteiger partial charge in [0.05, 0.1) is 21.8 Å². The van der Waals surface area contributed by atoms with Crippen LogP contribution in [0.1, 0.15) is 24.1 Å². The van der Waals surface area contributed by atoms with Crippen LogP contribution in [-0.4, -0.2) is 17.1 Å². The number of hydrogen-bond donors (Lipinski definition) is 1. The first-order valence-electron chi connectivity index (χ1n) is 11.5. The van der Waals surface area contributed by atoms with Gasteiger partial charge in [0.15, 0.2) is 4.80 Å². The van der Waals surface area contributed by atoms with Crippen LogP contribution in [0.2, 0.25) is 0 Å². The number of halogens is 3. The van der Waals surface area contributed by atoms with Crippen LogP contribution in [0.5, 0.6) is 5.75 Å². The second-order valence-corrected chi connectivity index (χ2v) is 9.38. The normalized spacial score (nSPS) is 15.3. The van der Waals surface area contributed by atoms with Crippen molar-refractivity contribution in [3.05, 3.63) is 127 Å². The third-order valence-electron chi connectivity index (χ3n) is 5.91. The predicted molar refractivity (Wildman–Crippen MR) is 138 cm³/mol. The Kier molecular flexibility index (Phi) is 6.97. The molecule has 0 radical (unpaired) electrons. The molecular formula is C28H20F3N3O3S. The molecule has 6 nitrogen and oxygen atoms in total. The van der Waals surface area contributed by atoms with Gasteiger partial charge in [-0.1, -0.05) is 59.9 Å². The molecule has 0 fully saturated rings. The highest BCUT2D eigenvalue weighted by Gasteiger charge is 2.32. The lowest BCUT2D eigenvalue weighted by molar-refractivity contribution is -0.113. The standard InChI is InChI=1S/C28H20F3N3O3S/c1-16-23(25(35)33-20-8-3-2-4-9-20)24(17-11-13-19(29)14-12-17)34-26(36)22(38-28(34)32-16)15-18-7-5-6-10-21(18)37-27(30)31/h2-15,24,27H,1H3,(H,33,35)/b22-15+/t24-/m1/s1. The maximum Gasteiger partial charge on any atom is 0.387 e. The number of carbonyl (C=O) groups excluding carboxylic acids is 1. The SMILES string of the molecule is CC1=C(C(=O)Nc2ccccc2)[C@@H](c2ccc(F)cc2)n2c(s/c(=C/c3ccccc3OC(F)F)c2=O)=N1. The summed E-state index contributed by atoms with van der Waals surface area (Å²) in [6.45, 7) is -1.36. The molecule has 0 unspecified atom stereocenters. The van der Waals surface area contributed by atoms with Gasteiger partial charge in [-0.05, 0) is 48.9 Å².